The van der Waals surface area contributed by atoms with E-state index in [1.807, 2.05) is 30.3 Å². The number of aromatic hydroxyl groups is 2. The van der Waals surface area contributed by atoms with Crippen LogP contribution in [0.4, 0.5) is 0 Å². The molecule has 14 heteroatoms. The van der Waals surface area contributed by atoms with Gasteiger partial charge in [0.05, 0.1) is 0 Å². The van der Waals surface area contributed by atoms with E-state index < -0.39 is 30.0 Å². The summed E-state index contributed by atoms with van der Waals surface area (Å²) in [7, 11) is -6.72. The van der Waals surface area contributed by atoms with Gasteiger partial charge in [0.2, 0.25) is 0 Å². The minimum atomic E-state index is -4.47. The Morgan fingerprint density at radius 3 is 1.86 bits per heavy atom. The van der Waals surface area contributed by atoms with Crippen LogP contribution in [0.5, 0.6) is 11.5 Å². The van der Waals surface area contributed by atoms with Gasteiger partial charge in [0, 0.05) is 77.2 Å². The molecule has 0 saturated carbocycles. The minimum Gasteiger partial charge on any atom is -0.508 e. The zero-order valence-electron chi connectivity index (χ0n) is 31.1. The average Bonchev–Trinajstić information content (AvgIpc) is 3.49. The van der Waals surface area contributed by atoms with Crippen molar-refractivity contribution in [1.82, 2.24) is 9.47 Å². The number of hydrogen-bond donors (Lipinski definition) is 4. The van der Waals surface area contributed by atoms with Crippen molar-refractivity contribution in [3.05, 3.63) is 167 Å². The molecule has 8 aromatic rings. The zero-order valence-corrected chi connectivity index (χ0v) is 32.7. The number of aromatic nitrogens is 1. The van der Waals surface area contributed by atoms with Crippen LogP contribution in [0.1, 0.15) is 16.8 Å². The van der Waals surface area contributed by atoms with Gasteiger partial charge in [-0.15, -0.1) is 0 Å². The van der Waals surface area contributed by atoms with E-state index in [-0.39, 0.29) is 38.7 Å². The van der Waals surface area contributed by atoms with Crippen LogP contribution >= 0.6 is 0 Å². The molecule has 58 heavy (non-hydrogen) atoms. The molecular formula is C44H38N2O10S2. The third-order valence-electron chi connectivity index (χ3n) is 9.79. The highest BCUT2D eigenvalue weighted by atomic mass is 32.2. The zero-order chi connectivity index (χ0) is 41.2. The molecule has 0 unspecified atom stereocenters. The molecule has 0 bridgehead atoms. The second kappa shape index (κ2) is 16.3. The fraction of sp³-hybridized carbons (Fsp3) is 0.114. The number of hydrogen-bond acceptors (Lipinski definition) is 9. The number of fused-ring (bicyclic) bond motifs is 5. The van der Waals surface area contributed by atoms with E-state index in [0.717, 1.165) is 49.8 Å². The van der Waals surface area contributed by atoms with E-state index in [0.29, 0.717) is 5.76 Å². The van der Waals surface area contributed by atoms with E-state index in [1.165, 1.54) is 64.1 Å². The Labute approximate surface area is 334 Å². The van der Waals surface area contributed by atoms with Gasteiger partial charge < -0.3 is 24.1 Å². The first-order chi connectivity index (χ1) is 27.7. The normalized spacial score (nSPS) is 13.0. The highest BCUT2D eigenvalue weighted by molar-refractivity contribution is 7.86. The fourth-order valence-corrected chi connectivity index (χ4v) is 8.60. The first kappa shape index (κ1) is 39.9. The van der Waals surface area contributed by atoms with Crippen LogP contribution in [0.2, 0.25) is 0 Å². The molecule has 2 aromatic heterocycles. The van der Waals surface area contributed by atoms with Crippen LogP contribution in [0, 0.1) is 0 Å². The Bertz CT molecular complexity index is 3000. The van der Waals surface area contributed by atoms with Gasteiger partial charge in [0.1, 0.15) is 38.0 Å². The molecule has 3 heterocycles. The Kier molecular flexibility index (Phi) is 11.2. The van der Waals surface area contributed by atoms with Crippen LogP contribution < -0.4 is 5.43 Å². The number of benzene rings is 6. The molecule has 0 saturated heterocycles. The predicted octanol–water partition coefficient (Wildman–Crippen LogP) is 7.88. The molecule has 296 valence electrons. The number of phenolic OH excluding ortho intramolecular Hbond substituents is 2. The van der Waals surface area contributed by atoms with E-state index in [4.69, 9.17) is 13.5 Å². The van der Waals surface area contributed by atoms with Gasteiger partial charge in [-0.05, 0) is 36.4 Å². The molecule has 1 aliphatic rings. The molecule has 0 amide bonds. The maximum atomic E-state index is 12.0. The van der Waals surface area contributed by atoms with Crippen molar-refractivity contribution in [2.75, 3.05) is 13.6 Å². The second-order valence-corrected chi connectivity index (χ2v) is 16.5. The summed E-state index contributed by atoms with van der Waals surface area (Å²) >= 11 is 0. The van der Waals surface area contributed by atoms with Gasteiger partial charge >= 0.3 is 0 Å². The van der Waals surface area contributed by atoms with Crippen molar-refractivity contribution in [2.45, 2.75) is 29.3 Å². The van der Waals surface area contributed by atoms with E-state index >= 15 is 0 Å². The van der Waals surface area contributed by atoms with Gasteiger partial charge in [-0.3, -0.25) is 13.9 Å². The van der Waals surface area contributed by atoms with E-state index in [1.54, 1.807) is 0 Å². The molecule has 0 fully saturated rings. The molecule has 1 aliphatic heterocycles. The molecule has 9 rings (SSSR count). The lowest BCUT2D eigenvalue weighted by Crippen LogP contribution is -2.27. The van der Waals surface area contributed by atoms with Gasteiger partial charge in [-0.25, -0.2) is 0 Å². The lowest BCUT2D eigenvalue weighted by Gasteiger charge is -2.24. The maximum absolute atomic E-state index is 12.0. The third kappa shape index (κ3) is 8.51. The van der Waals surface area contributed by atoms with Crippen molar-refractivity contribution in [1.29, 1.82) is 0 Å². The van der Waals surface area contributed by atoms with Crippen LogP contribution in [-0.2, 0) is 39.7 Å². The molecule has 6 aromatic carbocycles. The number of phenols is 2. The lowest BCUT2D eigenvalue weighted by atomic mass is 10.1. The van der Waals surface area contributed by atoms with E-state index in [9.17, 15) is 31.8 Å². The highest BCUT2D eigenvalue weighted by Crippen LogP contribution is 2.33. The largest absolute Gasteiger partial charge is 0.508 e. The second-order valence-electron chi connectivity index (χ2n) is 13.7. The molecule has 12 nitrogen and oxygen atoms in total. The molecule has 0 atom stereocenters. The third-order valence-corrected chi connectivity index (χ3v) is 11.6. The first-order valence-corrected chi connectivity index (χ1v) is 20.9. The smallest absolute Gasteiger partial charge is 0.295 e. The maximum Gasteiger partial charge on any atom is 0.295 e. The van der Waals surface area contributed by atoms with Crippen LogP contribution in [0.25, 0.3) is 44.0 Å². The van der Waals surface area contributed by atoms with Crippen molar-refractivity contribution < 1.29 is 40.6 Å². The number of rotatable bonds is 5. The molecule has 4 N–H and O–H groups in total. The Morgan fingerprint density at radius 2 is 1.24 bits per heavy atom. The van der Waals surface area contributed by atoms with E-state index in [2.05, 4.69) is 71.1 Å². The lowest BCUT2D eigenvalue weighted by molar-refractivity contribution is 0.310. The summed E-state index contributed by atoms with van der Waals surface area (Å²) in [5.74, 6) is -0.0511. The summed E-state index contributed by atoms with van der Waals surface area (Å²) in [6.07, 6.45) is 1.15. The monoisotopic (exact) mass is 818 g/mol. The van der Waals surface area contributed by atoms with Crippen molar-refractivity contribution in [3.8, 4) is 22.8 Å². The highest BCUT2D eigenvalue weighted by Gasteiger charge is 2.22. The number of para-hydroxylation sites is 1. The van der Waals surface area contributed by atoms with Crippen LogP contribution in [0.15, 0.2) is 159 Å². The summed E-state index contributed by atoms with van der Waals surface area (Å²) in [4.78, 5) is 13.6. The molecule has 0 aliphatic carbocycles. The van der Waals surface area contributed by atoms with Crippen molar-refractivity contribution in [2.24, 2.45) is 0 Å². The Hall–Kier alpha value is -6.29. The summed E-state index contributed by atoms with van der Waals surface area (Å²) in [5, 5.41) is 20.7. The minimum absolute atomic E-state index is 0.0233. The van der Waals surface area contributed by atoms with Gasteiger partial charge in [0.25, 0.3) is 20.2 Å². The Balaban J connectivity index is 0.000000133. The van der Waals surface area contributed by atoms with Crippen LogP contribution in [0.3, 0.4) is 0 Å². The average molecular weight is 819 g/mol. The van der Waals surface area contributed by atoms with Gasteiger partial charge in [-0.2, -0.15) is 16.8 Å². The topological polar surface area (TPSA) is 188 Å². The molecule has 0 spiro atoms. The molecule has 0 radical (unpaired) electrons. The Morgan fingerprint density at radius 1 is 0.672 bits per heavy atom. The quantitative estimate of drug-likeness (QED) is 0.124. The van der Waals surface area contributed by atoms with Gasteiger partial charge in [-0.1, -0.05) is 103 Å². The number of likely N-dealkylation sites (N-methyl/N-ethyl adjacent to an activating group) is 1. The van der Waals surface area contributed by atoms with Crippen molar-refractivity contribution >= 4 is 52.9 Å². The summed E-state index contributed by atoms with van der Waals surface area (Å²) < 4.78 is 70.8. The van der Waals surface area contributed by atoms with Gasteiger partial charge in [0.15, 0.2) is 5.43 Å². The first-order valence-electron chi connectivity index (χ1n) is 18.0. The summed E-state index contributed by atoms with van der Waals surface area (Å²) in [5.41, 5.74) is 6.36. The predicted molar refractivity (Wildman–Crippen MR) is 222 cm³/mol. The fourth-order valence-electron chi connectivity index (χ4n) is 7.18. The van der Waals surface area contributed by atoms with Crippen LogP contribution in [-0.4, -0.2) is 59.2 Å². The standard InChI is InChI=1S/C19H20N2.C15H10O4.C10H8O6S2/c1-20-12-11-19-17(14-20)16-9-5-6-10-18(16)21(19)13-15-7-3-2-4-8-15;16-10-6-11(17)15-12(18)8-13(19-14(15)7-10)9-4-2-1-3-5-9;11-17(12,13)9-5-1-3-7-8(9)4-2-6-10(7)18(14,15)16/h2-10H,11-14H2,1H3;1-8,16-17H;1-6H,(H,11,12,13)(H,14,15,16). The summed E-state index contributed by atoms with van der Waals surface area (Å²) in [6, 6.07) is 40.0. The summed E-state index contributed by atoms with van der Waals surface area (Å²) in [6.45, 7) is 3.19. The molecular weight excluding hydrogens is 781 g/mol. The number of nitrogens with zero attached hydrogens (tertiary/aromatic N) is 2. The van der Waals surface area contributed by atoms with Crippen molar-refractivity contribution in [3.63, 3.8) is 0 Å². The SMILES string of the molecule is CN1CCc2c(c3ccccc3n2Cc2ccccc2)C1.O=S(=O)(O)c1cccc2c(S(=O)(=O)O)cccc12.O=c1cc(-c2ccccc2)oc2cc(O)cc(O)c12.